The fourth-order valence-electron chi connectivity index (χ4n) is 6.83. The Balaban J connectivity index is 1.48. The van der Waals surface area contributed by atoms with Gasteiger partial charge in [0.05, 0.1) is 29.1 Å². The summed E-state index contributed by atoms with van der Waals surface area (Å²) in [5.74, 6) is -1.34. The first-order valence-electron chi connectivity index (χ1n) is 16.1. The summed E-state index contributed by atoms with van der Waals surface area (Å²) in [4.78, 5) is 27.0. The monoisotopic (exact) mass is 644 g/mol. The lowest BCUT2D eigenvalue weighted by Crippen LogP contribution is -2.28. The minimum Gasteiger partial charge on any atom is -0.490 e. The molecule has 1 atom stereocenters. The van der Waals surface area contributed by atoms with E-state index < -0.39 is 23.5 Å². The Bertz CT molecular complexity index is 2250. The molecule has 6 aromatic rings. The molecule has 0 saturated heterocycles. The predicted molar refractivity (Wildman–Crippen MR) is 185 cm³/mol. The number of pyridine rings is 3. The third-order valence-corrected chi connectivity index (χ3v) is 9.02. The second-order valence-corrected chi connectivity index (χ2v) is 13.4. The summed E-state index contributed by atoms with van der Waals surface area (Å²) in [6.45, 7) is 9.65. The van der Waals surface area contributed by atoms with Gasteiger partial charge in [-0.05, 0) is 101 Å². The summed E-state index contributed by atoms with van der Waals surface area (Å²) in [5, 5.41) is 12.3. The van der Waals surface area contributed by atoms with E-state index in [2.05, 4.69) is 16.0 Å². The molecule has 0 spiro atoms. The number of aliphatic carboxylic acids is 1. The number of nitrogens with zero attached hydrogens (tertiary/aromatic N) is 4. The summed E-state index contributed by atoms with van der Waals surface area (Å²) in [6.07, 6.45) is 3.65. The molecule has 1 unspecified atom stereocenters. The minimum absolute atomic E-state index is 0.273. The summed E-state index contributed by atoms with van der Waals surface area (Å²) in [6, 6.07) is 17.5. The van der Waals surface area contributed by atoms with Crippen molar-refractivity contribution in [3.8, 4) is 39.4 Å². The van der Waals surface area contributed by atoms with Gasteiger partial charge in [-0.15, -0.1) is 0 Å². The van der Waals surface area contributed by atoms with Crippen LogP contribution in [-0.2, 0) is 23.0 Å². The predicted octanol–water partition coefficient (Wildman–Crippen LogP) is 8.54. The van der Waals surface area contributed by atoms with Crippen molar-refractivity contribution >= 4 is 27.9 Å². The lowest BCUT2D eigenvalue weighted by molar-refractivity contribution is -0.160. The number of aryl methyl sites for hydroxylation is 2. The highest BCUT2D eigenvalue weighted by Crippen LogP contribution is 2.45. The van der Waals surface area contributed by atoms with Crippen LogP contribution in [0.2, 0.25) is 0 Å². The Kier molecular flexibility index (Phi) is 7.75. The first-order valence-corrected chi connectivity index (χ1v) is 16.1. The highest BCUT2D eigenvalue weighted by Gasteiger charge is 2.34. The molecule has 7 rings (SSSR count). The Hall–Kier alpha value is -5.15. The molecular weight excluding hydrogens is 607 g/mol. The van der Waals surface area contributed by atoms with Crippen LogP contribution >= 0.6 is 0 Å². The molecule has 244 valence electrons. The van der Waals surface area contributed by atoms with Crippen LogP contribution in [0.25, 0.3) is 55.6 Å². The molecule has 0 amide bonds. The summed E-state index contributed by atoms with van der Waals surface area (Å²) in [5.41, 5.74) is 8.03. The van der Waals surface area contributed by atoms with Crippen LogP contribution in [0.1, 0.15) is 55.7 Å². The molecule has 0 fully saturated rings. The molecule has 8 nitrogen and oxygen atoms in total. The summed E-state index contributed by atoms with van der Waals surface area (Å²) in [7, 11) is 1.93. The number of fused-ring (bicyclic) bond motifs is 3. The van der Waals surface area contributed by atoms with Crippen molar-refractivity contribution in [1.82, 2.24) is 19.5 Å². The van der Waals surface area contributed by atoms with E-state index in [0.29, 0.717) is 46.4 Å². The maximum atomic E-state index is 15.8. The molecular formula is C39H37FN4O4. The van der Waals surface area contributed by atoms with Crippen molar-refractivity contribution < 1.29 is 23.8 Å². The van der Waals surface area contributed by atoms with E-state index in [1.807, 2.05) is 81.8 Å². The van der Waals surface area contributed by atoms with Crippen molar-refractivity contribution in [2.45, 2.75) is 59.2 Å². The van der Waals surface area contributed by atoms with Crippen LogP contribution in [-0.4, -0.2) is 42.8 Å². The largest absolute Gasteiger partial charge is 0.490 e. The number of carboxylic acids is 1. The van der Waals surface area contributed by atoms with Gasteiger partial charge in [0.2, 0.25) is 0 Å². The van der Waals surface area contributed by atoms with E-state index in [9.17, 15) is 9.90 Å². The second-order valence-electron chi connectivity index (χ2n) is 13.4. The van der Waals surface area contributed by atoms with Gasteiger partial charge >= 0.3 is 5.97 Å². The van der Waals surface area contributed by atoms with Crippen LogP contribution in [0.4, 0.5) is 4.39 Å². The van der Waals surface area contributed by atoms with Crippen molar-refractivity contribution in [3.05, 3.63) is 95.2 Å². The van der Waals surface area contributed by atoms with Gasteiger partial charge in [-0.2, -0.15) is 0 Å². The van der Waals surface area contributed by atoms with E-state index in [1.54, 1.807) is 19.3 Å². The molecule has 0 aliphatic carbocycles. The van der Waals surface area contributed by atoms with Crippen LogP contribution in [0.15, 0.2) is 67.0 Å². The fourth-order valence-corrected chi connectivity index (χ4v) is 6.83. The van der Waals surface area contributed by atoms with Gasteiger partial charge in [0.1, 0.15) is 5.65 Å². The molecule has 5 heterocycles. The second kappa shape index (κ2) is 11.8. The van der Waals surface area contributed by atoms with E-state index in [0.717, 1.165) is 51.0 Å². The van der Waals surface area contributed by atoms with Crippen molar-refractivity contribution in [2.75, 3.05) is 6.61 Å². The normalized spacial score (nSPS) is 13.8. The highest BCUT2D eigenvalue weighted by molar-refractivity contribution is 6.01. The summed E-state index contributed by atoms with van der Waals surface area (Å²) < 4.78 is 29.8. The van der Waals surface area contributed by atoms with Crippen molar-refractivity contribution in [1.29, 1.82) is 0 Å². The zero-order valence-corrected chi connectivity index (χ0v) is 27.9. The van der Waals surface area contributed by atoms with Crippen molar-refractivity contribution in [2.24, 2.45) is 7.05 Å². The van der Waals surface area contributed by atoms with Crippen LogP contribution in [0, 0.1) is 19.7 Å². The Morgan fingerprint density at radius 3 is 2.62 bits per heavy atom. The third-order valence-electron chi connectivity index (χ3n) is 9.02. The van der Waals surface area contributed by atoms with E-state index >= 15 is 4.39 Å². The number of hydrogen-bond acceptors (Lipinski definition) is 6. The lowest BCUT2D eigenvalue weighted by Gasteiger charge is -2.29. The number of halogens is 1. The number of ether oxygens (including phenoxy) is 2. The van der Waals surface area contributed by atoms with Gasteiger partial charge in [0.15, 0.2) is 17.7 Å². The van der Waals surface area contributed by atoms with Crippen molar-refractivity contribution in [3.63, 3.8) is 0 Å². The standard InChI is InChI=1S/C39H37FN4O4/c1-21-26-10-8-16-47-35(26)29(40)19-27(21)34-28-20-32(44(6)37(28)43-22(2)33(34)36(38(45)46)48-39(3,4)5)25-13-15-42-31(18-25)24-11-12-30-23(17-24)9-7-14-41-30/h7,9,11-15,17-20,36H,8,10,16H2,1-6H3,(H,45,46). The molecule has 1 aliphatic rings. The molecule has 0 bridgehead atoms. The molecule has 0 radical (unpaired) electrons. The minimum atomic E-state index is -1.34. The Morgan fingerprint density at radius 2 is 1.85 bits per heavy atom. The quantitative estimate of drug-likeness (QED) is 0.194. The first kappa shape index (κ1) is 31.4. The van der Waals surface area contributed by atoms with Crippen LogP contribution in [0.5, 0.6) is 5.75 Å². The van der Waals surface area contributed by atoms with E-state index in [-0.39, 0.29) is 5.75 Å². The number of carbonyl (C=O) groups is 1. The molecule has 1 aliphatic heterocycles. The lowest BCUT2D eigenvalue weighted by atomic mass is 9.86. The van der Waals surface area contributed by atoms with Gasteiger partial charge < -0.3 is 19.1 Å². The van der Waals surface area contributed by atoms with Gasteiger partial charge in [0, 0.05) is 63.7 Å². The van der Waals surface area contributed by atoms with E-state index in [1.165, 1.54) is 6.07 Å². The average molecular weight is 645 g/mol. The zero-order chi connectivity index (χ0) is 33.9. The maximum Gasteiger partial charge on any atom is 0.337 e. The van der Waals surface area contributed by atoms with E-state index in [4.69, 9.17) is 14.5 Å². The van der Waals surface area contributed by atoms with Crippen LogP contribution in [0.3, 0.4) is 0 Å². The Labute approximate surface area is 278 Å². The number of rotatable bonds is 6. The fraction of sp³-hybridized carbons (Fsp3) is 0.282. The molecule has 48 heavy (non-hydrogen) atoms. The number of aromatic nitrogens is 4. The third kappa shape index (κ3) is 5.48. The smallest absolute Gasteiger partial charge is 0.337 e. The molecule has 4 aromatic heterocycles. The number of hydrogen-bond donors (Lipinski definition) is 1. The Morgan fingerprint density at radius 1 is 1.04 bits per heavy atom. The SMILES string of the molecule is Cc1nc2c(cc(-c3ccnc(-c4ccc5ncccc5c4)c3)n2C)c(-c2cc(F)c3c(c2C)CCCO3)c1C(OC(C)(C)C)C(=O)O. The van der Waals surface area contributed by atoms with Gasteiger partial charge in [-0.25, -0.2) is 14.2 Å². The van der Waals surface area contributed by atoms with Gasteiger partial charge in [-0.3, -0.25) is 9.97 Å². The number of benzene rings is 2. The maximum absolute atomic E-state index is 15.8. The van der Waals surface area contributed by atoms with Gasteiger partial charge in [0.25, 0.3) is 0 Å². The molecule has 9 heteroatoms. The average Bonchev–Trinajstić information content (AvgIpc) is 3.39. The van der Waals surface area contributed by atoms with Gasteiger partial charge in [-0.1, -0.05) is 12.1 Å². The first-order chi connectivity index (χ1) is 22.9. The zero-order valence-electron chi connectivity index (χ0n) is 27.9. The molecule has 2 aromatic carbocycles. The summed E-state index contributed by atoms with van der Waals surface area (Å²) >= 11 is 0. The molecule has 1 N–H and O–H groups in total. The highest BCUT2D eigenvalue weighted by atomic mass is 19.1. The van der Waals surface area contributed by atoms with Crippen LogP contribution < -0.4 is 4.74 Å². The number of carboxylic acid groups (broad SMARTS) is 1. The molecule has 0 saturated carbocycles. The topological polar surface area (TPSA) is 99.4 Å².